The van der Waals surface area contributed by atoms with Crippen LogP contribution in [0.25, 0.3) is 12.2 Å². The van der Waals surface area contributed by atoms with Crippen molar-refractivity contribution < 1.29 is 40.9 Å². The highest BCUT2D eigenvalue weighted by Gasteiger charge is 2.33. The monoisotopic (exact) mass is 512 g/mol. The Morgan fingerprint density at radius 3 is 1.42 bits per heavy atom. The summed E-state index contributed by atoms with van der Waals surface area (Å²) in [5.41, 5.74) is 1.43. The molecule has 2 N–H and O–H groups in total. The first-order chi connectivity index (χ1) is 15.3. The van der Waals surface area contributed by atoms with Gasteiger partial charge in [-0.05, 0) is 47.5 Å². The zero-order valence-corrected chi connectivity index (χ0v) is 17.5. The van der Waals surface area contributed by atoms with Gasteiger partial charge in [0.05, 0.1) is 21.2 Å². The number of hydrogen-bond acceptors (Lipinski definition) is 3. The molecule has 0 saturated carbocycles. The van der Waals surface area contributed by atoms with E-state index in [0.29, 0.717) is 0 Å². The molecule has 0 saturated heterocycles. The lowest BCUT2D eigenvalue weighted by molar-refractivity contribution is -0.145. The molecule has 0 aliphatic rings. The van der Waals surface area contributed by atoms with Gasteiger partial charge in [0.15, 0.2) is 0 Å². The Morgan fingerprint density at radius 1 is 0.727 bits per heavy atom. The molecule has 176 valence electrons. The van der Waals surface area contributed by atoms with Crippen LogP contribution in [-0.2, 0) is 26.9 Å². The first-order valence-electron chi connectivity index (χ1n) is 8.63. The number of rotatable bonds is 6. The van der Waals surface area contributed by atoms with E-state index in [2.05, 4.69) is 4.94 Å². The molecule has 0 radical (unpaired) electrons. The third-order valence-electron chi connectivity index (χ3n) is 3.75. The van der Waals surface area contributed by atoms with Crippen molar-refractivity contribution in [2.45, 2.75) is 12.4 Å². The van der Waals surface area contributed by atoms with Crippen molar-refractivity contribution in [1.29, 1.82) is 0 Å². The van der Waals surface area contributed by atoms with Gasteiger partial charge < -0.3 is 0 Å². The fourth-order valence-corrected chi connectivity index (χ4v) is 2.71. The fourth-order valence-electron chi connectivity index (χ4n) is 2.27. The van der Waals surface area contributed by atoms with Crippen LogP contribution in [0.15, 0.2) is 48.6 Å². The third-order valence-corrected chi connectivity index (χ3v) is 4.41. The van der Waals surface area contributed by atoms with Crippen LogP contribution in [0.4, 0.5) is 26.3 Å². The van der Waals surface area contributed by atoms with Gasteiger partial charge in [0.2, 0.25) is 0 Å². The highest BCUT2D eigenvalue weighted by Crippen LogP contribution is 2.36. The topological polar surface area (TPSA) is 67.4 Å². The van der Waals surface area contributed by atoms with E-state index in [0.717, 1.165) is 48.6 Å². The van der Waals surface area contributed by atoms with Crippen molar-refractivity contribution in [2.24, 2.45) is 0 Å². The van der Waals surface area contributed by atoms with Gasteiger partial charge in [0.25, 0.3) is 11.8 Å². The quantitative estimate of drug-likeness (QED) is 0.290. The van der Waals surface area contributed by atoms with Gasteiger partial charge in [-0.25, -0.2) is 11.0 Å². The van der Waals surface area contributed by atoms with Crippen LogP contribution >= 0.6 is 23.2 Å². The second kappa shape index (κ2) is 10.7. The van der Waals surface area contributed by atoms with Crippen LogP contribution in [0.3, 0.4) is 0 Å². The van der Waals surface area contributed by atoms with Gasteiger partial charge in [0, 0.05) is 12.2 Å². The minimum Gasteiger partial charge on any atom is -0.268 e. The average molecular weight is 513 g/mol. The molecule has 2 rings (SSSR count). The molecule has 0 aromatic heterocycles. The smallest absolute Gasteiger partial charge is 0.268 e. The van der Waals surface area contributed by atoms with Gasteiger partial charge >= 0.3 is 12.4 Å². The molecular formula is C20H12Cl2F6N2O3. The number of halogens is 8. The lowest BCUT2D eigenvalue weighted by Crippen LogP contribution is -2.32. The summed E-state index contributed by atoms with van der Waals surface area (Å²) in [5, 5.41) is -1.01. The standard InChI is InChI=1S/C20H12Cl2F6N2O3/c21-15-5-1-11(9-13(15)19(23,24)25)3-7-17(31)29-33-30-18(32)8-4-12-2-6-16(22)14(10-12)20(26,27)28/h1-10H,(H,29,31)(H,30,32)/b7-3+,8-4+. The molecule has 5 nitrogen and oxygen atoms in total. The predicted molar refractivity (Wildman–Crippen MR) is 108 cm³/mol. The van der Waals surface area contributed by atoms with E-state index in [-0.39, 0.29) is 11.1 Å². The largest absolute Gasteiger partial charge is 0.417 e. The molecule has 0 aliphatic heterocycles. The van der Waals surface area contributed by atoms with Crippen LogP contribution in [0.1, 0.15) is 22.3 Å². The van der Waals surface area contributed by atoms with Crippen LogP contribution in [-0.4, -0.2) is 11.8 Å². The van der Waals surface area contributed by atoms with Gasteiger partial charge in [0.1, 0.15) is 0 Å². The van der Waals surface area contributed by atoms with Gasteiger partial charge in [-0.2, -0.15) is 31.3 Å². The van der Waals surface area contributed by atoms with E-state index in [1.165, 1.54) is 12.1 Å². The number of benzene rings is 2. The minimum absolute atomic E-state index is 0.0232. The van der Waals surface area contributed by atoms with Gasteiger partial charge in [-0.15, -0.1) is 0 Å². The molecule has 2 amide bonds. The molecule has 0 fully saturated rings. The predicted octanol–water partition coefficient (Wildman–Crippen LogP) is 5.84. The average Bonchev–Trinajstić information content (AvgIpc) is 2.71. The highest BCUT2D eigenvalue weighted by molar-refractivity contribution is 6.31. The molecule has 0 heterocycles. The molecule has 13 heteroatoms. The number of hydrogen-bond donors (Lipinski definition) is 2. The van der Waals surface area contributed by atoms with Crippen LogP contribution in [0, 0.1) is 0 Å². The normalized spacial score (nSPS) is 12.4. The van der Waals surface area contributed by atoms with E-state index >= 15 is 0 Å². The molecule has 33 heavy (non-hydrogen) atoms. The van der Waals surface area contributed by atoms with E-state index in [1.54, 1.807) is 11.0 Å². The third kappa shape index (κ3) is 8.12. The molecule has 0 aliphatic carbocycles. The fraction of sp³-hybridized carbons (Fsp3) is 0.100. The summed E-state index contributed by atoms with van der Waals surface area (Å²) >= 11 is 11.0. The van der Waals surface area contributed by atoms with Crippen molar-refractivity contribution in [3.63, 3.8) is 0 Å². The van der Waals surface area contributed by atoms with Crippen molar-refractivity contribution >= 4 is 47.2 Å². The first-order valence-corrected chi connectivity index (χ1v) is 9.38. The number of alkyl halides is 6. The summed E-state index contributed by atoms with van der Waals surface area (Å²) in [4.78, 5) is 27.7. The molecule has 0 bridgehead atoms. The lowest BCUT2D eigenvalue weighted by atomic mass is 10.1. The maximum Gasteiger partial charge on any atom is 0.417 e. The molecule has 0 unspecified atom stereocenters. The van der Waals surface area contributed by atoms with Crippen LogP contribution in [0.5, 0.6) is 0 Å². The summed E-state index contributed by atoms with van der Waals surface area (Å²) in [5.74, 6) is -1.87. The minimum atomic E-state index is -4.68. The van der Waals surface area contributed by atoms with Crippen molar-refractivity contribution in [3.8, 4) is 0 Å². The van der Waals surface area contributed by atoms with Gasteiger partial charge in [-0.3, -0.25) is 9.59 Å². The Hall–Kier alpha value is -3.02. The van der Waals surface area contributed by atoms with Crippen LogP contribution < -0.4 is 11.0 Å². The second-order valence-corrected chi connectivity index (χ2v) is 6.99. The summed E-state index contributed by atoms with van der Waals surface area (Å²) in [6.45, 7) is 0. The number of nitrogens with one attached hydrogen (secondary N) is 2. The Labute approximate surface area is 192 Å². The Balaban J connectivity index is 1.88. The molecular weight excluding hydrogens is 501 g/mol. The summed E-state index contributed by atoms with van der Waals surface area (Å²) in [6, 6.07) is 6.00. The van der Waals surface area contributed by atoms with Crippen molar-refractivity contribution in [2.75, 3.05) is 0 Å². The zero-order valence-electron chi connectivity index (χ0n) is 16.0. The first kappa shape index (κ1) is 26.2. The Bertz CT molecular complexity index is 1010. The van der Waals surface area contributed by atoms with Crippen LogP contribution in [0.2, 0.25) is 10.0 Å². The SMILES string of the molecule is O=C(/C=C/c1ccc(Cl)c(C(F)(F)F)c1)NONC(=O)/C=C/c1ccc(Cl)c(C(F)(F)F)c1. The van der Waals surface area contributed by atoms with Crippen molar-refractivity contribution in [3.05, 3.63) is 80.8 Å². The molecule has 2 aromatic rings. The molecule has 2 aromatic carbocycles. The van der Waals surface area contributed by atoms with Crippen molar-refractivity contribution in [1.82, 2.24) is 11.0 Å². The zero-order chi connectivity index (χ0) is 24.8. The molecule has 0 spiro atoms. The summed E-state index contributed by atoms with van der Waals surface area (Å²) in [7, 11) is 0. The number of carbonyl (C=O) groups excluding carboxylic acids is 2. The maximum atomic E-state index is 12.8. The number of amides is 2. The Morgan fingerprint density at radius 2 is 1.09 bits per heavy atom. The van der Waals surface area contributed by atoms with E-state index in [9.17, 15) is 35.9 Å². The Kier molecular flexibility index (Phi) is 8.53. The number of carbonyl (C=O) groups is 2. The van der Waals surface area contributed by atoms with E-state index in [4.69, 9.17) is 23.2 Å². The molecule has 0 atom stereocenters. The summed E-state index contributed by atoms with van der Waals surface area (Å²) < 4.78 is 76.9. The van der Waals surface area contributed by atoms with Gasteiger partial charge in [-0.1, -0.05) is 35.3 Å². The summed E-state index contributed by atoms with van der Waals surface area (Å²) in [6.07, 6.45) is -5.60. The second-order valence-electron chi connectivity index (χ2n) is 6.18. The number of hydroxylamine groups is 2. The van der Waals surface area contributed by atoms with E-state index < -0.39 is 45.3 Å². The lowest BCUT2D eigenvalue weighted by Gasteiger charge is -2.09. The van der Waals surface area contributed by atoms with E-state index in [1.807, 2.05) is 0 Å². The highest BCUT2D eigenvalue weighted by atomic mass is 35.5. The maximum absolute atomic E-state index is 12.8.